The molecule has 2 aromatic heterocycles. The van der Waals surface area contributed by atoms with Gasteiger partial charge in [-0.2, -0.15) is 0 Å². The number of methoxy groups -OCH3 is 1. The van der Waals surface area contributed by atoms with Crippen LogP contribution in [0.3, 0.4) is 0 Å². The molecule has 0 aliphatic carbocycles. The van der Waals surface area contributed by atoms with E-state index in [1.165, 1.54) is 24.8 Å². The molecule has 0 aliphatic heterocycles. The first-order chi connectivity index (χ1) is 13.7. The van der Waals surface area contributed by atoms with Crippen molar-refractivity contribution in [2.45, 2.75) is 46.7 Å². The SMILES string of the molecule is CC[C@@H](C)[C@@H](NC(=O)COC(=O)Cn1cnc2sc(C)c(C)c2c1=O)C(=O)OC. The van der Waals surface area contributed by atoms with Gasteiger partial charge >= 0.3 is 11.9 Å². The number of carbonyl (C=O) groups is 3. The molecule has 0 radical (unpaired) electrons. The molecule has 158 valence electrons. The van der Waals surface area contributed by atoms with Crippen molar-refractivity contribution in [1.82, 2.24) is 14.9 Å². The van der Waals surface area contributed by atoms with Crippen LogP contribution in [0.15, 0.2) is 11.1 Å². The molecule has 0 bridgehead atoms. The molecule has 1 N–H and O–H groups in total. The van der Waals surface area contributed by atoms with Gasteiger partial charge in [-0.25, -0.2) is 9.78 Å². The fourth-order valence-corrected chi connectivity index (χ4v) is 3.71. The van der Waals surface area contributed by atoms with E-state index in [1.54, 1.807) is 6.92 Å². The van der Waals surface area contributed by atoms with Crippen molar-refractivity contribution >= 4 is 39.4 Å². The van der Waals surface area contributed by atoms with E-state index in [4.69, 9.17) is 9.47 Å². The van der Waals surface area contributed by atoms with E-state index < -0.39 is 30.5 Å². The summed E-state index contributed by atoms with van der Waals surface area (Å²) in [4.78, 5) is 54.4. The predicted molar refractivity (Wildman–Crippen MR) is 108 cm³/mol. The molecule has 0 unspecified atom stereocenters. The lowest BCUT2D eigenvalue weighted by Crippen LogP contribution is -2.47. The third-order valence-corrected chi connectivity index (χ3v) is 5.92. The van der Waals surface area contributed by atoms with E-state index in [-0.39, 0.29) is 18.0 Å². The highest BCUT2D eigenvalue weighted by atomic mass is 32.1. The van der Waals surface area contributed by atoms with E-state index in [1.807, 2.05) is 20.8 Å². The number of thiophene rings is 1. The predicted octanol–water partition coefficient (Wildman–Crippen LogP) is 1.32. The summed E-state index contributed by atoms with van der Waals surface area (Å²) in [5, 5.41) is 2.99. The van der Waals surface area contributed by atoms with Crippen molar-refractivity contribution in [3.63, 3.8) is 0 Å². The maximum atomic E-state index is 12.6. The molecule has 0 aliphatic rings. The number of aryl methyl sites for hydroxylation is 2. The summed E-state index contributed by atoms with van der Waals surface area (Å²) in [5.74, 6) is -2.09. The second kappa shape index (κ2) is 9.64. The van der Waals surface area contributed by atoms with Crippen LogP contribution in [-0.4, -0.2) is 47.2 Å². The molecule has 0 fully saturated rings. The number of ether oxygens (including phenoxy) is 2. The number of aromatic nitrogens is 2. The normalized spacial score (nSPS) is 13.0. The Morgan fingerprint density at radius 1 is 1.31 bits per heavy atom. The van der Waals surface area contributed by atoms with E-state index in [2.05, 4.69) is 10.3 Å². The number of hydrogen-bond acceptors (Lipinski definition) is 8. The molecule has 2 aromatic rings. The zero-order valence-electron chi connectivity index (χ0n) is 17.1. The lowest BCUT2D eigenvalue weighted by atomic mass is 9.99. The molecule has 0 saturated heterocycles. The van der Waals surface area contributed by atoms with Gasteiger partial charge in [0.2, 0.25) is 0 Å². The van der Waals surface area contributed by atoms with Gasteiger partial charge in [-0.3, -0.25) is 19.0 Å². The zero-order chi connectivity index (χ0) is 21.7. The van der Waals surface area contributed by atoms with Crippen molar-refractivity contribution in [1.29, 1.82) is 0 Å². The molecule has 0 spiro atoms. The van der Waals surface area contributed by atoms with E-state index in [0.29, 0.717) is 16.6 Å². The molecule has 10 heteroatoms. The summed E-state index contributed by atoms with van der Waals surface area (Å²) in [5.41, 5.74) is 0.504. The van der Waals surface area contributed by atoms with Gasteiger partial charge in [0.15, 0.2) is 6.61 Å². The van der Waals surface area contributed by atoms with Crippen LogP contribution in [0.5, 0.6) is 0 Å². The lowest BCUT2D eigenvalue weighted by molar-refractivity contribution is -0.151. The standard InChI is InChI=1S/C19H25N3O6S/c1-6-10(2)16(19(26)27-5)21-13(23)8-28-14(24)7-22-9-20-17-15(18(22)25)11(3)12(4)29-17/h9-10,16H,6-8H2,1-5H3,(H,21,23)/t10-,16-/m1/s1. The molecule has 2 rings (SSSR count). The molecule has 9 nitrogen and oxygen atoms in total. The zero-order valence-corrected chi connectivity index (χ0v) is 17.9. The largest absolute Gasteiger partial charge is 0.467 e. The molecule has 2 heterocycles. The third-order valence-electron chi connectivity index (χ3n) is 4.80. The minimum atomic E-state index is -0.824. The first kappa shape index (κ1) is 22.5. The number of rotatable bonds is 8. The summed E-state index contributed by atoms with van der Waals surface area (Å²) in [6, 6.07) is -0.824. The summed E-state index contributed by atoms with van der Waals surface area (Å²) in [7, 11) is 1.24. The number of carbonyl (C=O) groups excluding carboxylic acids is 3. The van der Waals surface area contributed by atoms with E-state index in [9.17, 15) is 19.2 Å². The second-order valence-corrected chi connectivity index (χ2v) is 7.96. The van der Waals surface area contributed by atoms with Crippen LogP contribution in [0.4, 0.5) is 0 Å². The number of hydrogen-bond donors (Lipinski definition) is 1. The minimum absolute atomic E-state index is 0.143. The molecule has 2 atom stereocenters. The minimum Gasteiger partial charge on any atom is -0.467 e. The van der Waals surface area contributed by atoms with Crippen molar-refractivity contribution in [2.75, 3.05) is 13.7 Å². The van der Waals surface area contributed by atoms with Crippen LogP contribution in [0.25, 0.3) is 10.2 Å². The van der Waals surface area contributed by atoms with Gasteiger partial charge in [-0.15, -0.1) is 11.3 Å². The average Bonchev–Trinajstić information content (AvgIpc) is 2.99. The van der Waals surface area contributed by atoms with E-state index in [0.717, 1.165) is 15.0 Å². The fraction of sp³-hybridized carbons (Fsp3) is 0.526. The molecular formula is C19H25N3O6S. The first-order valence-electron chi connectivity index (χ1n) is 9.17. The van der Waals surface area contributed by atoms with Crippen molar-refractivity contribution in [2.24, 2.45) is 5.92 Å². The number of amides is 1. The monoisotopic (exact) mass is 423 g/mol. The van der Waals surface area contributed by atoms with Crippen LogP contribution in [0, 0.1) is 19.8 Å². The maximum Gasteiger partial charge on any atom is 0.328 e. The Balaban J connectivity index is 1.99. The van der Waals surface area contributed by atoms with Crippen molar-refractivity contribution < 1.29 is 23.9 Å². The van der Waals surface area contributed by atoms with Gasteiger partial charge in [0, 0.05) is 4.88 Å². The quantitative estimate of drug-likeness (QED) is 0.637. The summed E-state index contributed by atoms with van der Waals surface area (Å²) in [6.45, 7) is 6.49. The van der Waals surface area contributed by atoms with Crippen LogP contribution in [0.2, 0.25) is 0 Å². The molecular weight excluding hydrogens is 398 g/mol. The Morgan fingerprint density at radius 3 is 2.62 bits per heavy atom. The van der Waals surface area contributed by atoms with Crippen molar-refractivity contribution in [3.8, 4) is 0 Å². The van der Waals surface area contributed by atoms with Gasteiger partial charge < -0.3 is 14.8 Å². The summed E-state index contributed by atoms with van der Waals surface area (Å²) < 4.78 is 10.8. The van der Waals surface area contributed by atoms with Gasteiger partial charge in [-0.05, 0) is 25.3 Å². The average molecular weight is 423 g/mol. The lowest BCUT2D eigenvalue weighted by Gasteiger charge is -2.21. The highest BCUT2D eigenvalue weighted by molar-refractivity contribution is 7.18. The number of nitrogens with one attached hydrogen (secondary N) is 1. The molecule has 1 amide bonds. The van der Waals surface area contributed by atoms with Crippen LogP contribution in [-0.2, 0) is 30.4 Å². The molecule has 0 saturated carbocycles. The third kappa shape index (κ3) is 5.20. The van der Waals surface area contributed by atoms with Gasteiger partial charge in [-0.1, -0.05) is 20.3 Å². The highest BCUT2D eigenvalue weighted by Gasteiger charge is 2.27. The van der Waals surface area contributed by atoms with Gasteiger partial charge in [0.1, 0.15) is 17.4 Å². The first-order valence-corrected chi connectivity index (χ1v) is 9.99. The van der Waals surface area contributed by atoms with Gasteiger partial charge in [0.05, 0.1) is 18.8 Å². The smallest absolute Gasteiger partial charge is 0.328 e. The van der Waals surface area contributed by atoms with E-state index >= 15 is 0 Å². The van der Waals surface area contributed by atoms with Crippen LogP contribution in [0.1, 0.15) is 30.7 Å². The van der Waals surface area contributed by atoms with Crippen LogP contribution >= 0.6 is 11.3 Å². The Labute approximate surface area is 172 Å². The van der Waals surface area contributed by atoms with Gasteiger partial charge in [0.25, 0.3) is 11.5 Å². The Kier molecular flexibility index (Phi) is 7.49. The highest BCUT2D eigenvalue weighted by Crippen LogP contribution is 2.25. The van der Waals surface area contributed by atoms with Crippen molar-refractivity contribution in [3.05, 3.63) is 27.1 Å². The Morgan fingerprint density at radius 2 is 2.00 bits per heavy atom. The maximum absolute atomic E-state index is 12.6. The molecule has 0 aromatic carbocycles. The summed E-state index contributed by atoms with van der Waals surface area (Å²) >= 11 is 1.42. The summed E-state index contributed by atoms with van der Waals surface area (Å²) in [6.07, 6.45) is 1.94. The number of esters is 2. The Bertz CT molecular complexity index is 980. The van der Waals surface area contributed by atoms with Crippen LogP contribution < -0.4 is 10.9 Å². The topological polar surface area (TPSA) is 117 Å². The molecule has 29 heavy (non-hydrogen) atoms. The number of fused-ring (bicyclic) bond motifs is 1. The number of nitrogens with zero attached hydrogens (tertiary/aromatic N) is 2. The Hall–Kier alpha value is -2.75. The second-order valence-electron chi connectivity index (χ2n) is 6.76. The fourth-order valence-electron chi connectivity index (χ4n) is 2.72.